The van der Waals surface area contributed by atoms with E-state index in [-0.39, 0.29) is 11.8 Å². The molecule has 0 aromatic carbocycles. The molecule has 8 heteroatoms. The zero-order valence-corrected chi connectivity index (χ0v) is 16.9. The molecule has 1 aromatic rings. The number of rotatable bonds is 4. The number of amides is 2. The second-order valence-corrected chi connectivity index (χ2v) is 7.94. The van der Waals surface area contributed by atoms with Crippen molar-refractivity contribution >= 4 is 11.8 Å². The van der Waals surface area contributed by atoms with Gasteiger partial charge in [0.05, 0.1) is 0 Å². The summed E-state index contributed by atoms with van der Waals surface area (Å²) in [5.41, 5.74) is 0. The van der Waals surface area contributed by atoms with Crippen molar-refractivity contribution in [3.05, 3.63) is 12.7 Å². The van der Waals surface area contributed by atoms with Crippen LogP contribution in [0, 0.1) is 0 Å². The van der Waals surface area contributed by atoms with Gasteiger partial charge in [0.2, 0.25) is 11.8 Å². The van der Waals surface area contributed by atoms with Crippen LogP contribution in [0.25, 0.3) is 0 Å². The van der Waals surface area contributed by atoms with Crippen molar-refractivity contribution in [1.82, 2.24) is 29.9 Å². The van der Waals surface area contributed by atoms with Crippen LogP contribution in [0.15, 0.2) is 12.7 Å². The van der Waals surface area contributed by atoms with E-state index in [1.165, 1.54) is 19.2 Å². The summed E-state index contributed by atoms with van der Waals surface area (Å²) in [5, 5.41) is 7.15. The maximum absolute atomic E-state index is 12.7. The number of aromatic nitrogens is 3. The fraction of sp³-hybridized carbons (Fsp3) is 0.800. The smallest absolute Gasteiger partial charge is 0.222 e. The van der Waals surface area contributed by atoms with Crippen LogP contribution in [0.2, 0.25) is 0 Å². The second kappa shape index (κ2) is 11.1. The first-order chi connectivity index (χ1) is 13.7. The average Bonchev–Trinajstić information content (AvgIpc) is 3.20. The Hall–Kier alpha value is -1.96. The number of hydrogen-bond acceptors (Lipinski definition) is 5. The van der Waals surface area contributed by atoms with Crippen molar-refractivity contribution in [3.63, 3.8) is 0 Å². The summed E-state index contributed by atoms with van der Waals surface area (Å²) in [6.45, 7) is 5.07. The molecule has 28 heavy (non-hydrogen) atoms. The topological polar surface area (TPSA) is 83.4 Å². The first kappa shape index (κ1) is 20.8. The van der Waals surface area contributed by atoms with E-state index in [0.29, 0.717) is 25.4 Å². The molecule has 2 fully saturated rings. The highest BCUT2D eigenvalue weighted by molar-refractivity contribution is 5.76. The minimum Gasteiger partial charge on any atom is -0.356 e. The second-order valence-electron chi connectivity index (χ2n) is 7.94. The Bertz CT molecular complexity index is 606. The summed E-state index contributed by atoms with van der Waals surface area (Å²) in [5.74, 6) is 0.409. The third-order valence-corrected chi connectivity index (χ3v) is 5.82. The number of carbonyl (C=O) groups excluding carboxylic acids is 2. The largest absolute Gasteiger partial charge is 0.356 e. The summed E-state index contributed by atoms with van der Waals surface area (Å²) < 4.78 is 1.77. The summed E-state index contributed by atoms with van der Waals surface area (Å²) in [4.78, 5) is 33.4. The number of carbonyl (C=O) groups is 2. The normalized spacial score (nSPS) is 23.1. The highest BCUT2D eigenvalue weighted by atomic mass is 16.2. The molecule has 0 aliphatic carbocycles. The van der Waals surface area contributed by atoms with Gasteiger partial charge in [-0.1, -0.05) is 6.42 Å². The van der Waals surface area contributed by atoms with Gasteiger partial charge >= 0.3 is 0 Å². The van der Waals surface area contributed by atoms with Crippen LogP contribution in [0.4, 0.5) is 0 Å². The summed E-state index contributed by atoms with van der Waals surface area (Å²) in [7, 11) is 0. The lowest BCUT2D eigenvalue weighted by Gasteiger charge is -2.35. The molecule has 2 aliphatic rings. The number of piperidine rings is 1. The van der Waals surface area contributed by atoms with Crippen molar-refractivity contribution < 1.29 is 9.59 Å². The van der Waals surface area contributed by atoms with Crippen molar-refractivity contribution in [2.45, 2.75) is 70.4 Å². The maximum Gasteiger partial charge on any atom is 0.222 e. The Morgan fingerprint density at radius 1 is 1.11 bits per heavy atom. The molecule has 1 aromatic heterocycles. The van der Waals surface area contributed by atoms with Crippen LogP contribution in [-0.4, -0.2) is 75.1 Å². The summed E-state index contributed by atoms with van der Waals surface area (Å²) in [6, 6.07) is 0.362. The Balaban J connectivity index is 1.51. The minimum absolute atomic E-state index is 0.178. The molecule has 0 saturated carbocycles. The third kappa shape index (κ3) is 6.58. The van der Waals surface area contributed by atoms with Crippen LogP contribution in [0.1, 0.15) is 57.8 Å². The molecule has 1 atom stereocenters. The number of nitrogens with one attached hydrogen (secondary N) is 1. The molecule has 0 spiro atoms. The molecule has 3 heterocycles. The molecule has 156 valence electrons. The molecule has 8 nitrogen and oxygen atoms in total. The highest BCUT2D eigenvalue weighted by Gasteiger charge is 2.25. The van der Waals surface area contributed by atoms with Gasteiger partial charge in [-0.3, -0.25) is 19.2 Å². The van der Waals surface area contributed by atoms with Crippen LogP contribution in [-0.2, 0) is 16.1 Å². The van der Waals surface area contributed by atoms with E-state index in [2.05, 4.69) is 20.3 Å². The summed E-state index contributed by atoms with van der Waals surface area (Å²) in [6.07, 6.45) is 11.5. The van der Waals surface area contributed by atoms with Crippen molar-refractivity contribution in [1.29, 1.82) is 0 Å². The van der Waals surface area contributed by atoms with E-state index in [9.17, 15) is 9.59 Å². The van der Waals surface area contributed by atoms with Crippen molar-refractivity contribution in [3.8, 4) is 0 Å². The van der Waals surface area contributed by atoms with Gasteiger partial charge in [-0.15, -0.1) is 0 Å². The van der Waals surface area contributed by atoms with Gasteiger partial charge in [0.1, 0.15) is 12.7 Å². The van der Waals surface area contributed by atoms with Gasteiger partial charge in [0.25, 0.3) is 0 Å². The highest BCUT2D eigenvalue weighted by Crippen LogP contribution is 2.20. The van der Waals surface area contributed by atoms with E-state index in [0.717, 1.165) is 64.8 Å². The molecule has 0 radical (unpaired) electrons. The molecule has 1 unspecified atom stereocenters. The lowest BCUT2D eigenvalue weighted by Crippen LogP contribution is -2.44. The van der Waals surface area contributed by atoms with E-state index >= 15 is 0 Å². The van der Waals surface area contributed by atoms with Crippen LogP contribution >= 0.6 is 0 Å². The molecular weight excluding hydrogens is 356 g/mol. The molecule has 2 aliphatic heterocycles. The number of aryl methyl sites for hydroxylation is 1. The van der Waals surface area contributed by atoms with Gasteiger partial charge in [-0.2, -0.15) is 5.10 Å². The van der Waals surface area contributed by atoms with Crippen molar-refractivity contribution in [2.24, 2.45) is 0 Å². The standard InChI is InChI=1S/C20H34N6O2/c27-19-15-18-7-1-3-10-24(18)12-6-13-25(11-4-2-9-22-19)20(28)8-5-14-26-17-21-16-23-26/h16-18H,1-15H2,(H,22,27). The Kier molecular flexibility index (Phi) is 8.26. The Morgan fingerprint density at radius 3 is 2.79 bits per heavy atom. The van der Waals surface area contributed by atoms with Gasteiger partial charge in [0, 0.05) is 51.6 Å². The quantitative estimate of drug-likeness (QED) is 0.841. The molecule has 2 amide bonds. The number of hydrogen-bond donors (Lipinski definition) is 1. The SMILES string of the molecule is O=C1CC2CCCCN2CCCN(C(=O)CCCn2cncn2)CCCCN1. The number of nitrogens with zero attached hydrogens (tertiary/aromatic N) is 5. The van der Waals surface area contributed by atoms with E-state index in [1.807, 2.05) is 4.90 Å². The molecule has 0 bridgehead atoms. The van der Waals surface area contributed by atoms with Gasteiger partial charge < -0.3 is 10.2 Å². The Labute approximate surface area is 167 Å². The van der Waals surface area contributed by atoms with Crippen LogP contribution in [0.5, 0.6) is 0 Å². The minimum atomic E-state index is 0.178. The molecule has 1 N–H and O–H groups in total. The molecule has 2 saturated heterocycles. The fourth-order valence-corrected chi connectivity index (χ4v) is 4.25. The fourth-order valence-electron chi connectivity index (χ4n) is 4.25. The zero-order chi connectivity index (χ0) is 19.6. The predicted octanol–water partition coefficient (Wildman–Crippen LogP) is 1.43. The lowest BCUT2D eigenvalue weighted by molar-refractivity contribution is -0.131. The number of fused-ring (bicyclic) bond motifs is 1. The lowest BCUT2D eigenvalue weighted by atomic mass is 9.98. The third-order valence-electron chi connectivity index (χ3n) is 5.82. The van der Waals surface area contributed by atoms with Gasteiger partial charge in [-0.25, -0.2) is 4.98 Å². The van der Waals surface area contributed by atoms with Gasteiger partial charge in [0.15, 0.2) is 0 Å². The molecule has 3 rings (SSSR count). The zero-order valence-electron chi connectivity index (χ0n) is 16.9. The predicted molar refractivity (Wildman–Crippen MR) is 107 cm³/mol. The van der Waals surface area contributed by atoms with Gasteiger partial charge in [-0.05, 0) is 45.1 Å². The monoisotopic (exact) mass is 390 g/mol. The maximum atomic E-state index is 12.7. The average molecular weight is 391 g/mol. The van der Waals surface area contributed by atoms with E-state index < -0.39 is 0 Å². The first-order valence-corrected chi connectivity index (χ1v) is 10.8. The van der Waals surface area contributed by atoms with Crippen LogP contribution < -0.4 is 5.32 Å². The van der Waals surface area contributed by atoms with E-state index in [4.69, 9.17) is 0 Å². The van der Waals surface area contributed by atoms with Crippen LogP contribution in [0.3, 0.4) is 0 Å². The van der Waals surface area contributed by atoms with E-state index in [1.54, 1.807) is 11.0 Å². The molecular formula is C20H34N6O2. The summed E-state index contributed by atoms with van der Waals surface area (Å²) >= 11 is 0. The first-order valence-electron chi connectivity index (χ1n) is 10.8. The van der Waals surface area contributed by atoms with Crippen molar-refractivity contribution in [2.75, 3.05) is 32.7 Å². The Morgan fingerprint density at radius 2 is 1.93 bits per heavy atom.